The molecule has 6 N–H and O–H groups in total. The summed E-state index contributed by atoms with van der Waals surface area (Å²) in [5.74, 6) is -1.31. The first kappa shape index (κ1) is 48.4. The third-order valence-corrected chi connectivity index (χ3v) is 14.8. The molecule has 16 heteroatoms. The number of pyridine rings is 2. The summed E-state index contributed by atoms with van der Waals surface area (Å²) in [6.07, 6.45) is 10.8. The number of anilines is 2. The van der Waals surface area contributed by atoms with Crippen LogP contribution in [-0.2, 0) is 9.59 Å². The van der Waals surface area contributed by atoms with Crippen LogP contribution in [0.1, 0.15) is 87.8 Å². The Labute approximate surface area is 420 Å². The minimum absolute atomic E-state index is 0.0879. The first-order valence-electron chi connectivity index (χ1n) is 23.5. The summed E-state index contributed by atoms with van der Waals surface area (Å²) < 4.78 is 0. The molecule has 1 atom stereocenters. The van der Waals surface area contributed by atoms with E-state index in [4.69, 9.17) is 9.97 Å². The molecule has 2 aromatic carbocycles. The second-order valence-electron chi connectivity index (χ2n) is 17.5. The van der Waals surface area contributed by atoms with Gasteiger partial charge in [0, 0.05) is 122 Å². The highest BCUT2D eigenvalue weighted by Crippen LogP contribution is 2.40. The van der Waals surface area contributed by atoms with Crippen LogP contribution in [0.4, 0.5) is 11.4 Å². The van der Waals surface area contributed by atoms with Gasteiger partial charge in [-0.3, -0.25) is 19.6 Å². The Morgan fingerprint density at radius 1 is 0.718 bits per heavy atom. The molecule has 2 amide bonds. The van der Waals surface area contributed by atoms with Crippen molar-refractivity contribution in [3.8, 4) is 43.7 Å². The molecule has 8 heterocycles. The van der Waals surface area contributed by atoms with Crippen molar-refractivity contribution in [3.05, 3.63) is 152 Å². The number of H-pyrrole nitrogens is 2. The number of carboxylic acids is 1. The van der Waals surface area contributed by atoms with E-state index in [1.54, 1.807) is 49.9 Å². The highest BCUT2D eigenvalue weighted by Gasteiger charge is 2.28. The molecule has 8 aromatic rings. The number of hydrogen-bond donors (Lipinski definition) is 6. The fourth-order valence-corrected chi connectivity index (χ4v) is 10.9. The number of carboxylic acid groups (broad SMARTS) is 1. The maximum atomic E-state index is 13.0. The van der Waals surface area contributed by atoms with E-state index in [0.717, 1.165) is 98.0 Å². The maximum Gasteiger partial charge on any atom is 0.337 e. The van der Waals surface area contributed by atoms with Crippen molar-refractivity contribution in [3.63, 3.8) is 0 Å². The number of aryl methyl sites for hydroxylation is 2. The molecule has 0 bridgehead atoms. The molecule has 2 aliphatic rings. The van der Waals surface area contributed by atoms with Gasteiger partial charge in [-0.2, -0.15) is 0 Å². The van der Waals surface area contributed by atoms with Crippen molar-refractivity contribution in [2.45, 2.75) is 54.5 Å². The fourth-order valence-electron chi connectivity index (χ4n) is 9.23. The normalized spacial score (nSPS) is 14.4. The van der Waals surface area contributed by atoms with Gasteiger partial charge in [-0.1, -0.05) is 26.0 Å². The second kappa shape index (κ2) is 20.8. The van der Waals surface area contributed by atoms with Crippen LogP contribution >= 0.6 is 22.7 Å². The molecule has 71 heavy (non-hydrogen) atoms. The van der Waals surface area contributed by atoms with Crippen molar-refractivity contribution in [2.24, 2.45) is 0 Å². The fraction of sp³-hybridized carbons (Fsp3) is 0.218. The number of carbonyl (C=O) groups excluding carboxylic acids is 2. The van der Waals surface area contributed by atoms with E-state index in [-0.39, 0.29) is 23.4 Å². The van der Waals surface area contributed by atoms with Crippen LogP contribution in [0.25, 0.3) is 67.0 Å². The molecule has 0 saturated heterocycles. The number of aromatic nitrogens is 6. The first-order chi connectivity index (χ1) is 34.3. The smallest absolute Gasteiger partial charge is 0.337 e. The van der Waals surface area contributed by atoms with E-state index >= 15 is 0 Å². The Morgan fingerprint density at radius 3 is 1.69 bits per heavy atom. The zero-order valence-corrected chi connectivity index (χ0v) is 42.2. The predicted octanol–water partition coefficient (Wildman–Crippen LogP) is 11.3. The summed E-state index contributed by atoms with van der Waals surface area (Å²) in [5.41, 5.74) is 16.4. The van der Waals surface area contributed by atoms with Gasteiger partial charge in [-0.05, 0) is 125 Å². The Kier molecular flexibility index (Phi) is 14.2. The molecule has 0 saturated carbocycles. The molecule has 360 valence electrons. The van der Waals surface area contributed by atoms with Crippen molar-refractivity contribution in [1.82, 2.24) is 40.1 Å². The number of nitrogens with zero attached hydrogens (tertiary/aromatic N) is 5. The summed E-state index contributed by atoms with van der Waals surface area (Å²) in [7, 11) is 0. The number of benzene rings is 2. The number of carbonyl (C=O) groups is 3. The maximum absolute atomic E-state index is 13.0. The van der Waals surface area contributed by atoms with Gasteiger partial charge in [0.2, 0.25) is 0 Å². The van der Waals surface area contributed by atoms with E-state index in [9.17, 15) is 19.5 Å². The molecule has 10 rings (SSSR count). The summed E-state index contributed by atoms with van der Waals surface area (Å²) in [4.78, 5) is 64.2. The number of likely N-dealkylation sites (N-methyl/N-ethyl adjacent to an activating group) is 1. The lowest BCUT2D eigenvalue weighted by Crippen LogP contribution is -2.33. The first-order valence-corrected chi connectivity index (χ1v) is 25.2. The summed E-state index contributed by atoms with van der Waals surface area (Å²) >= 11 is 3.13. The lowest BCUT2D eigenvalue weighted by molar-refractivity contribution is -0.111. The topological polar surface area (TPSA) is 194 Å². The van der Waals surface area contributed by atoms with E-state index < -0.39 is 5.97 Å². The quantitative estimate of drug-likeness (QED) is 0.0571. The van der Waals surface area contributed by atoms with Gasteiger partial charge in [-0.15, -0.1) is 22.7 Å². The standard InChI is InChI=1S/C31H36N6OS.C24H18N4O3S/c1-6-37(7-2)14-13-33-20(4)29-19(3)27(34-21(29)5)16-25-24-15-22(10-11-26(24)35-30(25)38)28-18-39-31(36-28)23-9-8-12-32-17-23;1-12-19(26-13(2)21(12)24(30)31)9-17-16-8-14(5-6-18(16)27-22(17)29)20-11-32-23(28-20)15-4-3-7-25-10-15/h8-12,15-18,20,33-34H,6-7,13-14H2,1-5H3,(H,35,38);3-11,26H,1-2H3,(H,27,29)(H,30,31)/b25-16-;17-9-. The lowest BCUT2D eigenvalue weighted by atomic mass is 9.99. The van der Waals surface area contributed by atoms with Gasteiger partial charge in [0.25, 0.3) is 11.8 Å². The van der Waals surface area contributed by atoms with E-state index in [0.29, 0.717) is 33.8 Å². The van der Waals surface area contributed by atoms with Crippen molar-refractivity contribution in [1.29, 1.82) is 0 Å². The van der Waals surface area contributed by atoms with Crippen LogP contribution < -0.4 is 16.0 Å². The van der Waals surface area contributed by atoms with Gasteiger partial charge in [0.05, 0.1) is 28.1 Å². The molecule has 1 unspecified atom stereocenters. The van der Waals surface area contributed by atoms with Crippen LogP contribution in [-0.4, -0.2) is 83.9 Å². The van der Waals surface area contributed by atoms with Gasteiger partial charge in [0.1, 0.15) is 10.0 Å². The second-order valence-corrected chi connectivity index (χ2v) is 19.2. The van der Waals surface area contributed by atoms with Gasteiger partial charge in [-0.25, -0.2) is 14.8 Å². The zero-order valence-electron chi connectivity index (χ0n) is 40.5. The predicted molar refractivity (Wildman–Crippen MR) is 286 cm³/mol. The highest BCUT2D eigenvalue weighted by atomic mass is 32.1. The number of thiazole rings is 2. The summed E-state index contributed by atoms with van der Waals surface area (Å²) in [5, 5.41) is 24.9. The lowest BCUT2D eigenvalue weighted by Gasteiger charge is -2.21. The minimum atomic E-state index is -0.993. The molecule has 0 spiro atoms. The molecule has 0 fully saturated rings. The number of nitrogens with one attached hydrogen (secondary N) is 5. The van der Waals surface area contributed by atoms with E-state index in [1.807, 2.05) is 72.3 Å². The number of aromatic carboxylic acids is 1. The monoisotopic (exact) mass is 982 g/mol. The number of aromatic amines is 2. The average molecular weight is 983 g/mol. The largest absolute Gasteiger partial charge is 0.478 e. The number of fused-ring (bicyclic) bond motifs is 2. The van der Waals surface area contributed by atoms with Crippen molar-refractivity contribution >= 4 is 75.1 Å². The van der Waals surface area contributed by atoms with Crippen molar-refractivity contribution in [2.75, 3.05) is 36.8 Å². The molecular formula is C55H54N10O4S2. The van der Waals surface area contributed by atoms with Crippen LogP contribution in [0.2, 0.25) is 0 Å². The number of rotatable bonds is 14. The SMILES string of the molecule is CCN(CC)CCNC(C)c1c(C)[nH]c(/C=C2\C(=O)Nc3ccc(-c4csc(-c5cccnc5)n4)cc32)c1C.Cc1[nH]c(/C=C2\C(=O)Nc3ccc(-c4csc(-c5cccnc5)n4)cc32)c(C)c1C(=O)O. The number of hydrogen-bond acceptors (Lipinski definition) is 11. The van der Waals surface area contributed by atoms with Crippen LogP contribution in [0, 0.1) is 27.7 Å². The van der Waals surface area contributed by atoms with Crippen LogP contribution in [0.3, 0.4) is 0 Å². The Morgan fingerprint density at radius 2 is 1.23 bits per heavy atom. The van der Waals surface area contributed by atoms with Gasteiger partial charge in [0.15, 0.2) is 0 Å². The van der Waals surface area contributed by atoms with Crippen molar-refractivity contribution < 1.29 is 19.5 Å². The molecule has 6 aromatic heterocycles. The van der Waals surface area contributed by atoms with E-state index in [2.05, 4.69) is 86.9 Å². The molecular weight excluding hydrogens is 929 g/mol. The van der Waals surface area contributed by atoms with Crippen LogP contribution in [0.15, 0.2) is 96.2 Å². The minimum Gasteiger partial charge on any atom is -0.478 e. The molecule has 14 nitrogen and oxygen atoms in total. The molecule has 0 aliphatic carbocycles. The van der Waals surface area contributed by atoms with Crippen LogP contribution in [0.5, 0.6) is 0 Å². The average Bonchev–Trinajstić information content (AvgIpc) is 4.24. The molecule has 2 aliphatic heterocycles. The number of amides is 2. The molecule has 0 radical (unpaired) electrons. The zero-order chi connectivity index (χ0) is 49.9. The van der Waals surface area contributed by atoms with E-state index in [1.165, 1.54) is 22.5 Å². The Bertz CT molecular complexity index is 3360. The highest BCUT2D eigenvalue weighted by molar-refractivity contribution is 7.13. The van der Waals surface area contributed by atoms with Gasteiger partial charge < -0.3 is 35.9 Å². The summed E-state index contributed by atoms with van der Waals surface area (Å²) in [6, 6.07) is 19.7. The van der Waals surface area contributed by atoms with Gasteiger partial charge >= 0.3 is 5.97 Å². The summed E-state index contributed by atoms with van der Waals surface area (Å²) in [6.45, 7) is 18.4. The third kappa shape index (κ3) is 10.1. The Balaban J connectivity index is 0.000000179. The Hall–Kier alpha value is -7.63. The third-order valence-electron chi connectivity index (χ3n) is 13.0.